The van der Waals surface area contributed by atoms with Crippen LogP contribution >= 0.6 is 0 Å². The van der Waals surface area contributed by atoms with Crippen molar-refractivity contribution in [2.75, 3.05) is 19.7 Å². The summed E-state index contributed by atoms with van der Waals surface area (Å²) >= 11 is 0. The van der Waals surface area contributed by atoms with Gasteiger partial charge in [0.25, 0.3) is 0 Å². The van der Waals surface area contributed by atoms with E-state index in [4.69, 9.17) is 5.11 Å². The van der Waals surface area contributed by atoms with E-state index in [2.05, 4.69) is 0 Å². The highest BCUT2D eigenvalue weighted by molar-refractivity contribution is 4.78. The maximum atomic E-state index is 10.2. The van der Waals surface area contributed by atoms with E-state index < -0.39 is 0 Å². The zero-order chi connectivity index (χ0) is 5.98. The summed E-state index contributed by atoms with van der Waals surface area (Å²) in [5.74, 6) is 0.470. The van der Waals surface area contributed by atoms with E-state index in [1.165, 1.54) is 0 Å². The van der Waals surface area contributed by atoms with Crippen molar-refractivity contribution in [3.05, 3.63) is 5.21 Å². The van der Waals surface area contributed by atoms with Gasteiger partial charge in [0.2, 0.25) is 0 Å². The summed E-state index contributed by atoms with van der Waals surface area (Å²) in [4.78, 5) is 0. The molecule has 0 aromatic carbocycles. The van der Waals surface area contributed by atoms with Crippen LogP contribution in [0.2, 0.25) is 0 Å². The molecule has 1 fully saturated rings. The molecule has 1 heterocycles. The van der Waals surface area contributed by atoms with Crippen LogP contribution in [0.1, 0.15) is 6.42 Å². The molecule has 3 heteroatoms. The van der Waals surface area contributed by atoms with Crippen molar-refractivity contribution in [2.24, 2.45) is 5.92 Å². The number of nitrogens with zero attached hydrogens (tertiary/aromatic N) is 1. The fourth-order valence-corrected chi connectivity index (χ4v) is 0.888. The molecule has 0 unspecified atom stereocenters. The minimum Gasteiger partial charge on any atom is -0.785 e. The molecular formula is C5H10NO2-. The number of aliphatic hydroxyl groups is 1. The van der Waals surface area contributed by atoms with Crippen LogP contribution < -0.4 is 0 Å². The van der Waals surface area contributed by atoms with Crippen molar-refractivity contribution in [2.45, 2.75) is 6.42 Å². The summed E-state index contributed by atoms with van der Waals surface area (Å²) in [6.07, 6.45) is 0.790. The molecule has 48 valence electrons. The SMILES string of the molecule is [O-]N1CC(CCO)C1. The minimum absolute atomic E-state index is 0.221. The van der Waals surface area contributed by atoms with Gasteiger partial charge in [-0.05, 0) is 25.4 Å². The Hall–Kier alpha value is -0.120. The molecule has 1 rings (SSSR count). The van der Waals surface area contributed by atoms with Crippen LogP contribution in [0.4, 0.5) is 0 Å². The van der Waals surface area contributed by atoms with Gasteiger partial charge >= 0.3 is 0 Å². The summed E-state index contributed by atoms with van der Waals surface area (Å²) in [6, 6.07) is 0. The second-order valence-electron chi connectivity index (χ2n) is 2.23. The third kappa shape index (κ3) is 1.18. The minimum atomic E-state index is 0.221. The van der Waals surface area contributed by atoms with Crippen LogP contribution in [-0.2, 0) is 0 Å². The first-order chi connectivity index (χ1) is 3.83. The maximum absolute atomic E-state index is 10.2. The van der Waals surface area contributed by atoms with Crippen LogP contribution in [0, 0.1) is 11.1 Å². The first-order valence-electron chi connectivity index (χ1n) is 2.86. The molecule has 0 aromatic heterocycles. The lowest BCUT2D eigenvalue weighted by Crippen LogP contribution is -2.42. The Morgan fingerprint density at radius 1 is 1.62 bits per heavy atom. The Kier molecular flexibility index (Phi) is 1.83. The number of hydrogen-bond acceptors (Lipinski definition) is 3. The Labute approximate surface area is 48.5 Å². The highest BCUT2D eigenvalue weighted by Gasteiger charge is 2.17. The first kappa shape index (κ1) is 6.01. The number of rotatable bonds is 2. The fraction of sp³-hybridized carbons (Fsp3) is 1.00. The van der Waals surface area contributed by atoms with E-state index in [9.17, 15) is 5.21 Å². The average molecular weight is 116 g/mol. The number of aliphatic hydroxyl groups excluding tert-OH is 1. The molecule has 0 bridgehead atoms. The lowest BCUT2D eigenvalue weighted by Gasteiger charge is -2.44. The van der Waals surface area contributed by atoms with Crippen LogP contribution in [0.5, 0.6) is 0 Å². The molecule has 1 saturated heterocycles. The van der Waals surface area contributed by atoms with Gasteiger partial charge in [0.05, 0.1) is 0 Å². The molecule has 0 radical (unpaired) electrons. The molecule has 1 aliphatic rings. The van der Waals surface area contributed by atoms with Crippen molar-refractivity contribution < 1.29 is 5.11 Å². The van der Waals surface area contributed by atoms with Crippen LogP contribution in [0.3, 0.4) is 0 Å². The normalized spacial score (nSPS) is 23.2. The van der Waals surface area contributed by atoms with E-state index in [1.54, 1.807) is 0 Å². The van der Waals surface area contributed by atoms with Gasteiger partial charge in [-0.25, -0.2) is 0 Å². The summed E-state index contributed by atoms with van der Waals surface area (Å²) in [5, 5.41) is 19.6. The van der Waals surface area contributed by atoms with Gasteiger partial charge in [-0.2, -0.15) is 0 Å². The van der Waals surface area contributed by atoms with Gasteiger partial charge in [-0.1, -0.05) is 0 Å². The lowest BCUT2D eigenvalue weighted by atomic mass is 10.00. The summed E-state index contributed by atoms with van der Waals surface area (Å²) in [5.41, 5.74) is 0. The zero-order valence-corrected chi connectivity index (χ0v) is 4.71. The Morgan fingerprint density at radius 2 is 2.25 bits per heavy atom. The third-order valence-electron chi connectivity index (χ3n) is 1.46. The quantitative estimate of drug-likeness (QED) is 0.543. The van der Waals surface area contributed by atoms with Gasteiger partial charge in [0, 0.05) is 6.61 Å². The highest BCUT2D eigenvalue weighted by Crippen LogP contribution is 2.15. The van der Waals surface area contributed by atoms with Crippen molar-refractivity contribution in [1.29, 1.82) is 0 Å². The van der Waals surface area contributed by atoms with Gasteiger partial charge < -0.3 is 15.4 Å². The van der Waals surface area contributed by atoms with E-state index in [0.717, 1.165) is 11.5 Å². The van der Waals surface area contributed by atoms with Gasteiger partial charge in [-0.3, -0.25) is 0 Å². The molecule has 1 N–H and O–H groups in total. The predicted octanol–water partition coefficient (Wildman–Crippen LogP) is -0.202. The average Bonchev–Trinajstić information content (AvgIpc) is 1.64. The smallest absolute Gasteiger partial charge is 0.0434 e. The molecule has 0 aliphatic carbocycles. The van der Waals surface area contributed by atoms with Gasteiger partial charge in [0.15, 0.2) is 0 Å². The maximum Gasteiger partial charge on any atom is 0.0434 e. The molecule has 0 spiro atoms. The van der Waals surface area contributed by atoms with Crippen LogP contribution in [0.25, 0.3) is 0 Å². The van der Waals surface area contributed by atoms with Crippen molar-refractivity contribution >= 4 is 0 Å². The van der Waals surface area contributed by atoms with Gasteiger partial charge in [-0.15, -0.1) is 0 Å². The highest BCUT2D eigenvalue weighted by atomic mass is 16.5. The number of hydroxylamine groups is 2. The molecule has 0 amide bonds. The molecule has 0 saturated carbocycles. The summed E-state index contributed by atoms with van der Waals surface area (Å²) in [6.45, 7) is 1.47. The monoisotopic (exact) mass is 116 g/mol. The molecule has 0 atom stereocenters. The van der Waals surface area contributed by atoms with Crippen molar-refractivity contribution in [1.82, 2.24) is 5.06 Å². The third-order valence-corrected chi connectivity index (χ3v) is 1.46. The Bertz CT molecular complexity index is 68.1. The largest absolute Gasteiger partial charge is 0.785 e. The van der Waals surface area contributed by atoms with E-state index in [-0.39, 0.29) is 6.61 Å². The van der Waals surface area contributed by atoms with E-state index in [1.807, 2.05) is 0 Å². The molecular weight excluding hydrogens is 106 g/mol. The molecule has 8 heavy (non-hydrogen) atoms. The van der Waals surface area contributed by atoms with Crippen LogP contribution in [-0.4, -0.2) is 29.9 Å². The summed E-state index contributed by atoms with van der Waals surface area (Å²) < 4.78 is 0. The Morgan fingerprint density at radius 3 is 2.62 bits per heavy atom. The van der Waals surface area contributed by atoms with Crippen LogP contribution in [0.15, 0.2) is 0 Å². The first-order valence-corrected chi connectivity index (χ1v) is 2.86. The van der Waals surface area contributed by atoms with E-state index in [0.29, 0.717) is 19.0 Å². The second-order valence-corrected chi connectivity index (χ2v) is 2.23. The van der Waals surface area contributed by atoms with Gasteiger partial charge in [0.1, 0.15) is 0 Å². The predicted molar refractivity (Wildman–Crippen MR) is 30.1 cm³/mol. The standard InChI is InChI=1S/C5H10NO2/c7-2-1-5-3-6(8)4-5/h5,7H,1-4H2/q-1. The lowest BCUT2D eigenvalue weighted by molar-refractivity contribution is 0.126. The molecule has 3 nitrogen and oxygen atoms in total. The fourth-order valence-electron chi connectivity index (χ4n) is 0.888. The Balaban J connectivity index is 1.98. The topological polar surface area (TPSA) is 46.5 Å². The number of hydrogen-bond donors (Lipinski definition) is 1. The zero-order valence-electron chi connectivity index (χ0n) is 4.71. The van der Waals surface area contributed by atoms with Crippen molar-refractivity contribution in [3.63, 3.8) is 0 Å². The second kappa shape index (κ2) is 2.44. The van der Waals surface area contributed by atoms with Crippen molar-refractivity contribution in [3.8, 4) is 0 Å². The molecule has 1 aliphatic heterocycles. The van der Waals surface area contributed by atoms with E-state index >= 15 is 0 Å². The summed E-state index contributed by atoms with van der Waals surface area (Å²) in [7, 11) is 0. The molecule has 0 aromatic rings.